The molecular formula is C30H28O6. The molecule has 0 bridgehead atoms. The van der Waals surface area contributed by atoms with Crippen LogP contribution in [0.25, 0.3) is 0 Å². The van der Waals surface area contributed by atoms with Crippen molar-refractivity contribution in [3.8, 4) is 46.3 Å². The van der Waals surface area contributed by atoms with Gasteiger partial charge in [0.05, 0.1) is 32.7 Å². The lowest BCUT2D eigenvalue weighted by molar-refractivity contribution is -0.140. The molecule has 1 heterocycles. The highest BCUT2D eigenvalue weighted by Gasteiger charge is 2.22. The highest BCUT2D eigenvalue weighted by Crippen LogP contribution is 2.45. The average Bonchev–Trinajstić information content (AvgIpc) is 3.42. The summed E-state index contributed by atoms with van der Waals surface area (Å²) in [5, 5.41) is 0. The molecule has 0 spiro atoms. The fourth-order valence-electron chi connectivity index (χ4n) is 4.47. The summed E-state index contributed by atoms with van der Waals surface area (Å²) in [7, 11) is 3.01. The fourth-order valence-corrected chi connectivity index (χ4v) is 4.47. The Morgan fingerprint density at radius 3 is 2.36 bits per heavy atom. The maximum absolute atomic E-state index is 12.2. The number of rotatable bonds is 6. The van der Waals surface area contributed by atoms with Gasteiger partial charge in [-0.25, -0.2) is 0 Å². The predicted molar refractivity (Wildman–Crippen MR) is 135 cm³/mol. The smallest absolute Gasteiger partial charge is 0.307 e. The van der Waals surface area contributed by atoms with E-state index in [0.29, 0.717) is 34.5 Å². The van der Waals surface area contributed by atoms with Crippen molar-refractivity contribution < 1.29 is 28.5 Å². The van der Waals surface area contributed by atoms with E-state index in [4.69, 9.17) is 23.7 Å². The first-order valence-electron chi connectivity index (χ1n) is 12.1. The summed E-state index contributed by atoms with van der Waals surface area (Å²) in [5.41, 5.74) is 1.62. The standard InChI is InChI=1S/C30H28O6/c1-32-24-16-14-21(18-29(24)34-23-7-3-4-8-23)22(19-30(31)33-2)13-11-20-12-15-27-28(17-20)36-26-10-6-5-9-25(26)35-27/h5-6,9-10,12,14-18,22-23H,3-4,7-8,19H2,1-2H3/t22-/m0/s1. The quantitative estimate of drug-likeness (QED) is 0.227. The Kier molecular flexibility index (Phi) is 6.99. The molecule has 3 aromatic carbocycles. The van der Waals surface area contributed by atoms with Crippen LogP contribution in [0.4, 0.5) is 0 Å². The molecule has 3 aromatic rings. The maximum atomic E-state index is 12.2. The summed E-state index contributed by atoms with van der Waals surface area (Å²) in [5.74, 6) is 9.66. The van der Waals surface area contributed by atoms with Gasteiger partial charge in [-0.15, -0.1) is 0 Å². The molecule has 1 atom stereocenters. The van der Waals surface area contributed by atoms with E-state index in [9.17, 15) is 4.79 Å². The summed E-state index contributed by atoms with van der Waals surface area (Å²) >= 11 is 0. The Morgan fingerprint density at radius 1 is 0.917 bits per heavy atom. The molecule has 6 heteroatoms. The van der Waals surface area contributed by atoms with Gasteiger partial charge in [0.15, 0.2) is 34.5 Å². The third-order valence-corrected chi connectivity index (χ3v) is 6.41. The number of carbonyl (C=O) groups is 1. The molecule has 1 aliphatic heterocycles. The Morgan fingerprint density at radius 2 is 1.64 bits per heavy atom. The molecule has 0 amide bonds. The second-order valence-corrected chi connectivity index (χ2v) is 8.85. The van der Waals surface area contributed by atoms with Crippen LogP contribution in [0, 0.1) is 11.8 Å². The van der Waals surface area contributed by atoms with Gasteiger partial charge in [-0.3, -0.25) is 4.79 Å². The van der Waals surface area contributed by atoms with Crippen LogP contribution in [0.15, 0.2) is 60.7 Å². The minimum Gasteiger partial charge on any atom is -0.493 e. The number of fused-ring (bicyclic) bond motifs is 2. The molecule has 1 saturated carbocycles. The van der Waals surface area contributed by atoms with E-state index in [2.05, 4.69) is 11.8 Å². The van der Waals surface area contributed by atoms with Gasteiger partial charge >= 0.3 is 5.97 Å². The number of para-hydroxylation sites is 2. The van der Waals surface area contributed by atoms with Crippen LogP contribution in [0.5, 0.6) is 34.5 Å². The van der Waals surface area contributed by atoms with Gasteiger partial charge < -0.3 is 23.7 Å². The third-order valence-electron chi connectivity index (χ3n) is 6.41. The molecule has 5 rings (SSSR count). The van der Waals surface area contributed by atoms with Crippen LogP contribution in [-0.4, -0.2) is 26.3 Å². The third kappa shape index (κ3) is 5.26. The predicted octanol–water partition coefficient (Wildman–Crippen LogP) is 6.61. The monoisotopic (exact) mass is 484 g/mol. The van der Waals surface area contributed by atoms with Crippen molar-refractivity contribution >= 4 is 5.97 Å². The topological polar surface area (TPSA) is 63.2 Å². The first-order chi connectivity index (χ1) is 17.6. The number of hydrogen-bond acceptors (Lipinski definition) is 6. The van der Waals surface area contributed by atoms with E-state index >= 15 is 0 Å². The van der Waals surface area contributed by atoms with Gasteiger partial charge in [0.25, 0.3) is 0 Å². The van der Waals surface area contributed by atoms with Crippen LogP contribution >= 0.6 is 0 Å². The molecule has 1 aliphatic carbocycles. The van der Waals surface area contributed by atoms with Crippen LogP contribution in [0.1, 0.15) is 49.1 Å². The van der Waals surface area contributed by atoms with Gasteiger partial charge in [0.1, 0.15) is 0 Å². The normalized spacial score (nSPS) is 14.7. The van der Waals surface area contributed by atoms with E-state index in [1.165, 1.54) is 20.0 Å². The Bertz CT molecular complexity index is 1310. The van der Waals surface area contributed by atoms with Crippen molar-refractivity contribution in [3.63, 3.8) is 0 Å². The van der Waals surface area contributed by atoms with E-state index in [0.717, 1.165) is 24.0 Å². The van der Waals surface area contributed by atoms with Crippen molar-refractivity contribution in [3.05, 3.63) is 71.8 Å². The minimum atomic E-state index is -0.386. The van der Waals surface area contributed by atoms with E-state index in [1.54, 1.807) is 7.11 Å². The molecular weight excluding hydrogens is 456 g/mol. The SMILES string of the molecule is COC(=O)C[C@H](C#Cc1ccc2c(c1)Oc1ccccc1O2)c1ccc(OC)c(OC2CCCC2)c1. The molecule has 6 nitrogen and oxygen atoms in total. The fraction of sp³-hybridized carbons (Fsp3) is 0.300. The first kappa shape index (κ1) is 23.6. The van der Waals surface area contributed by atoms with E-state index < -0.39 is 0 Å². The largest absolute Gasteiger partial charge is 0.493 e. The summed E-state index contributed by atoms with van der Waals surface area (Å²) < 4.78 is 28.6. The van der Waals surface area contributed by atoms with Crippen LogP contribution in [-0.2, 0) is 9.53 Å². The summed E-state index contributed by atoms with van der Waals surface area (Å²) in [6, 6.07) is 18.8. The van der Waals surface area contributed by atoms with Gasteiger partial charge in [0.2, 0.25) is 0 Å². The van der Waals surface area contributed by atoms with Crippen molar-refractivity contribution in [2.45, 2.75) is 44.1 Å². The molecule has 2 aliphatic rings. The molecule has 0 saturated heterocycles. The number of hydrogen-bond donors (Lipinski definition) is 0. The highest BCUT2D eigenvalue weighted by molar-refractivity contribution is 5.71. The molecule has 1 fully saturated rings. The Hall–Kier alpha value is -4.11. The lowest BCUT2D eigenvalue weighted by atomic mass is 9.95. The summed E-state index contributed by atoms with van der Waals surface area (Å²) in [4.78, 5) is 12.2. The average molecular weight is 485 g/mol. The lowest BCUT2D eigenvalue weighted by Gasteiger charge is -2.20. The van der Waals surface area contributed by atoms with Gasteiger partial charge in [-0.05, 0) is 67.6 Å². The van der Waals surface area contributed by atoms with Crippen LogP contribution in [0.3, 0.4) is 0 Å². The number of ether oxygens (including phenoxy) is 5. The molecule has 0 radical (unpaired) electrons. The molecule has 184 valence electrons. The molecule has 0 aromatic heterocycles. The Balaban J connectivity index is 1.42. The number of carbonyl (C=O) groups excluding carboxylic acids is 1. The van der Waals surface area contributed by atoms with Gasteiger partial charge in [0, 0.05) is 11.6 Å². The summed E-state index contributed by atoms with van der Waals surface area (Å²) in [6.45, 7) is 0. The van der Waals surface area contributed by atoms with Crippen molar-refractivity contribution in [2.24, 2.45) is 0 Å². The van der Waals surface area contributed by atoms with Crippen molar-refractivity contribution in [1.82, 2.24) is 0 Å². The first-order valence-corrected chi connectivity index (χ1v) is 12.1. The van der Waals surface area contributed by atoms with Crippen LogP contribution in [0.2, 0.25) is 0 Å². The maximum Gasteiger partial charge on any atom is 0.307 e. The highest BCUT2D eigenvalue weighted by atomic mass is 16.6. The van der Waals surface area contributed by atoms with Gasteiger partial charge in [-0.1, -0.05) is 30.0 Å². The molecule has 36 heavy (non-hydrogen) atoms. The Labute approximate surface area is 211 Å². The van der Waals surface area contributed by atoms with E-state index in [-0.39, 0.29) is 24.4 Å². The number of benzene rings is 3. The molecule has 0 N–H and O–H groups in total. The lowest BCUT2D eigenvalue weighted by Crippen LogP contribution is -2.12. The van der Waals surface area contributed by atoms with E-state index in [1.807, 2.05) is 60.7 Å². The van der Waals surface area contributed by atoms with Gasteiger partial charge in [-0.2, -0.15) is 0 Å². The van der Waals surface area contributed by atoms with Crippen molar-refractivity contribution in [1.29, 1.82) is 0 Å². The minimum absolute atomic E-state index is 0.122. The second kappa shape index (κ2) is 10.7. The zero-order chi connectivity index (χ0) is 24.9. The summed E-state index contributed by atoms with van der Waals surface area (Å²) in [6.07, 6.45) is 4.72. The zero-order valence-electron chi connectivity index (χ0n) is 20.4. The molecule has 0 unspecified atom stereocenters. The number of methoxy groups -OCH3 is 2. The van der Waals surface area contributed by atoms with Crippen LogP contribution < -0.4 is 18.9 Å². The number of esters is 1. The zero-order valence-corrected chi connectivity index (χ0v) is 20.4. The van der Waals surface area contributed by atoms with Crippen molar-refractivity contribution in [2.75, 3.05) is 14.2 Å². The second-order valence-electron chi connectivity index (χ2n) is 8.85.